The molecule has 110 valence electrons. The smallest absolute Gasteiger partial charge is 0.220 e. The Labute approximate surface area is 130 Å². The Kier molecular flexibility index (Phi) is 9.35. The van der Waals surface area contributed by atoms with Crippen LogP contribution in [-0.4, -0.2) is 24.0 Å². The Bertz CT molecular complexity index is 381. The first-order valence-electron chi connectivity index (χ1n) is 6.12. The molecule has 0 atom stereocenters. The van der Waals surface area contributed by atoms with Crippen molar-refractivity contribution in [3.05, 3.63) is 16.1 Å². The molecule has 1 aliphatic rings. The van der Waals surface area contributed by atoms with Gasteiger partial charge >= 0.3 is 0 Å². The SMILES string of the molecule is Cc1csc(CNC(=O)CC2CCNCC2)n1.Cl.Cl. The normalized spacial score (nSPS) is 15.2. The minimum Gasteiger partial charge on any atom is -0.350 e. The highest BCUT2D eigenvalue weighted by Gasteiger charge is 2.16. The Morgan fingerprint density at radius 3 is 2.74 bits per heavy atom. The Hall–Kier alpha value is -0.360. The highest BCUT2D eigenvalue weighted by Crippen LogP contribution is 2.15. The number of nitrogens with zero attached hydrogens (tertiary/aromatic N) is 1. The Morgan fingerprint density at radius 1 is 1.47 bits per heavy atom. The first-order valence-corrected chi connectivity index (χ1v) is 7.00. The van der Waals surface area contributed by atoms with Crippen molar-refractivity contribution in [2.24, 2.45) is 5.92 Å². The molecule has 0 aliphatic carbocycles. The van der Waals surface area contributed by atoms with Crippen molar-refractivity contribution in [1.29, 1.82) is 0 Å². The number of amides is 1. The van der Waals surface area contributed by atoms with Crippen molar-refractivity contribution in [3.63, 3.8) is 0 Å². The molecule has 19 heavy (non-hydrogen) atoms. The summed E-state index contributed by atoms with van der Waals surface area (Å²) in [6.45, 7) is 4.63. The Balaban J connectivity index is 0.00000162. The van der Waals surface area contributed by atoms with Crippen molar-refractivity contribution < 1.29 is 4.79 Å². The van der Waals surface area contributed by atoms with E-state index in [1.165, 1.54) is 0 Å². The van der Waals surface area contributed by atoms with E-state index < -0.39 is 0 Å². The maximum absolute atomic E-state index is 11.7. The third-order valence-corrected chi connectivity index (χ3v) is 4.00. The van der Waals surface area contributed by atoms with Crippen LogP contribution in [0, 0.1) is 12.8 Å². The highest BCUT2D eigenvalue weighted by molar-refractivity contribution is 7.09. The van der Waals surface area contributed by atoms with Crippen LogP contribution < -0.4 is 10.6 Å². The molecule has 1 amide bonds. The fourth-order valence-corrected chi connectivity index (χ4v) is 2.79. The van der Waals surface area contributed by atoms with Crippen LogP contribution in [0.2, 0.25) is 0 Å². The summed E-state index contributed by atoms with van der Waals surface area (Å²) in [5, 5.41) is 9.25. The molecule has 0 bridgehead atoms. The minimum absolute atomic E-state index is 0. The van der Waals surface area contributed by atoms with Gasteiger partial charge in [0.15, 0.2) is 0 Å². The molecule has 0 unspecified atom stereocenters. The van der Waals surface area contributed by atoms with E-state index in [4.69, 9.17) is 0 Å². The monoisotopic (exact) mass is 325 g/mol. The molecule has 1 aromatic heterocycles. The van der Waals surface area contributed by atoms with E-state index in [-0.39, 0.29) is 30.7 Å². The van der Waals surface area contributed by atoms with Crippen LogP contribution in [0.4, 0.5) is 0 Å². The van der Waals surface area contributed by atoms with Crippen molar-refractivity contribution in [2.75, 3.05) is 13.1 Å². The molecule has 1 fully saturated rings. The molecule has 1 aliphatic heterocycles. The molecule has 7 heteroatoms. The van der Waals surface area contributed by atoms with Gasteiger partial charge in [-0.05, 0) is 38.8 Å². The number of thiazole rings is 1. The number of rotatable bonds is 4. The summed E-state index contributed by atoms with van der Waals surface area (Å²) < 4.78 is 0. The summed E-state index contributed by atoms with van der Waals surface area (Å²) in [5.41, 5.74) is 1.03. The van der Waals surface area contributed by atoms with E-state index in [9.17, 15) is 4.79 Å². The fraction of sp³-hybridized carbons (Fsp3) is 0.667. The van der Waals surface area contributed by atoms with Gasteiger partial charge in [0.05, 0.1) is 6.54 Å². The number of carbonyl (C=O) groups is 1. The summed E-state index contributed by atoms with van der Waals surface area (Å²) in [7, 11) is 0. The molecule has 0 radical (unpaired) electrons. The lowest BCUT2D eigenvalue weighted by Gasteiger charge is -2.21. The second-order valence-electron chi connectivity index (χ2n) is 4.56. The molecule has 1 aromatic rings. The molecule has 0 spiro atoms. The van der Waals surface area contributed by atoms with Crippen molar-refractivity contribution in [1.82, 2.24) is 15.6 Å². The summed E-state index contributed by atoms with van der Waals surface area (Å²) >= 11 is 1.60. The van der Waals surface area contributed by atoms with Gasteiger partial charge in [0.1, 0.15) is 5.01 Å². The molecule has 4 nitrogen and oxygen atoms in total. The molecule has 2 rings (SSSR count). The lowest BCUT2D eigenvalue weighted by Crippen LogP contribution is -2.32. The topological polar surface area (TPSA) is 54.0 Å². The second kappa shape index (κ2) is 9.53. The van der Waals surface area contributed by atoms with Crippen LogP contribution in [0.1, 0.15) is 30.0 Å². The number of aromatic nitrogens is 1. The average molecular weight is 326 g/mol. The second-order valence-corrected chi connectivity index (χ2v) is 5.50. The molecule has 2 heterocycles. The fourth-order valence-electron chi connectivity index (χ4n) is 2.08. The third-order valence-electron chi connectivity index (χ3n) is 3.04. The van der Waals surface area contributed by atoms with E-state index in [0.717, 1.165) is 36.6 Å². The number of hydrogen-bond acceptors (Lipinski definition) is 4. The maximum Gasteiger partial charge on any atom is 0.220 e. The zero-order valence-electron chi connectivity index (χ0n) is 11.0. The number of aryl methyl sites for hydroxylation is 1. The van der Waals surface area contributed by atoms with E-state index in [1.54, 1.807) is 11.3 Å². The van der Waals surface area contributed by atoms with Crippen molar-refractivity contribution in [2.45, 2.75) is 32.7 Å². The Morgan fingerprint density at radius 2 is 2.16 bits per heavy atom. The van der Waals surface area contributed by atoms with Crippen LogP contribution in [0.25, 0.3) is 0 Å². The predicted molar refractivity (Wildman–Crippen MR) is 83.4 cm³/mol. The van der Waals surface area contributed by atoms with Crippen molar-refractivity contribution in [3.8, 4) is 0 Å². The average Bonchev–Trinajstić information content (AvgIpc) is 2.74. The molecule has 2 N–H and O–H groups in total. The standard InChI is InChI=1S/C12H19N3OS.2ClH/c1-9-8-17-12(15-9)7-14-11(16)6-10-2-4-13-5-3-10;;/h8,10,13H,2-7H2,1H3,(H,14,16);2*1H. The summed E-state index contributed by atoms with van der Waals surface area (Å²) in [6.07, 6.45) is 2.89. The van der Waals surface area contributed by atoms with Crippen LogP contribution in [0.3, 0.4) is 0 Å². The largest absolute Gasteiger partial charge is 0.350 e. The quantitative estimate of drug-likeness (QED) is 0.893. The number of piperidine rings is 1. The van der Waals surface area contributed by atoms with E-state index in [2.05, 4.69) is 15.6 Å². The third kappa shape index (κ3) is 6.56. The molecular weight excluding hydrogens is 305 g/mol. The van der Waals surface area contributed by atoms with Gasteiger partial charge in [-0.1, -0.05) is 0 Å². The van der Waals surface area contributed by atoms with Gasteiger partial charge in [0.2, 0.25) is 5.91 Å². The number of carbonyl (C=O) groups excluding carboxylic acids is 1. The molecule has 0 saturated carbocycles. The zero-order chi connectivity index (χ0) is 12.1. The van der Waals surface area contributed by atoms with Gasteiger partial charge in [-0.3, -0.25) is 4.79 Å². The van der Waals surface area contributed by atoms with Gasteiger partial charge < -0.3 is 10.6 Å². The lowest BCUT2D eigenvalue weighted by atomic mass is 9.94. The maximum atomic E-state index is 11.7. The van der Waals surface area contributed by atoms with Crippen molar-refractivity contribution >= 4 is 42.1 Å². The first-order chi connectivity index (χ1) is 8.24. The summed E-state index contributed by atoms with van der Waals surface area (Å²) in [5.74, 6) is 0.707. The van der Waals surface area contributed by atoms with E-state index in [1.807, 2.05) is 12.3 Å². The molecule has 1 saturated heterocycles. The highest BCUT2D eigenvalue weighted by atomic mass is 35.5. The van der Waals surface area contributed by atoms with Crippen LogP contribution in [-0.2, 0) is 11.3 Å². The van der Waals surface area contributed by atoms with Crippen LogP contribution in [0.15, 0.2) is 5.38 Å². The number of nitrogens with one attached hydrogen (secondary N) is 2. The first kappa shape index (κ1) is 18.6. The number of hydrogen-bond donors (Lipinski definition) is 2. The summed E-state index contributed by atoms with van der Waals surface area (Å²) in [4.78, 5) is 16.1. The van der Waals surface area contributed by atoms with Gasteiger partial charge in [-0.25, -0.2) is 4.98 Å². The lowest BCUT2D eigenvalue weighted by molar-refractivity contribution is -0.122. The van der Waals surface area contributed by atoms with Gasteiger partial charge in [-0.2, -0.15) is 0 Å². The number of halogens is 2. The van der Waals surface area contributed by atoms with Gasteiger partial charge in [0, 0.05) is 17.5 Å². The molecular formula is C12H21Cl2N3OS. The van der Waals surface area contributed by atoms with Crippen LogP contribution >= 0.6 is 36.2 Å². The van der Waals surface area contributed by atoms with Gasteiger partial charge in [-0.15, -0.1) is 36.2 Å². The predicted octanol–water partition coefficient (Wildman–Crippen LogP) is 2.30. The van der Waals surface area contributed by atoms with Gasteiger partial charge in [0.25, 0.3) is 0 Å². The minimum atomic E-state index is 0. The van der Waals surface area contributed by atoms with E-state index >= 15 is 0 Å². The van der Waals surface area contributed by atoms with E-state index in [0.29, 0.717) is 18.9 Å². The van der Waals surface area contributed by atoms with Crippen LogP contribution in [0.5, 0.6) is 0 Å². The zero-order valence-corrected chi connectivity index (χ0v) is 13.4. The summed E-state index contributed by atoms with van der Waals surface area (Å²) in [6, 6.07) is 0. The molecule has 0 aromatic carbocycles.